The van der Waals surface area contributed by atoms with Crippen molar-refractivity contribution in [2.45, 2.75) is 25.2 Å². The first-order chi connectivity index (χ1) is 8.84. The number of nitrogens with two attached hydrogens (primary N) is 1. The van der Waals surface area contributed by atoms with Crippen molar-refractivity contribution < 1.29 is 12.8 Å². The van der Waals surface area contributed by atoms with Gasteiger partial charge in [0.05, 0.1) is 16.7 Å². The number of benzene rings is 1. The normalized spacial score (nSPS) is 11.5. The van der Waals surface area contributed by atoms with Crippen LogP contribution in [0.3, 0.4) is 0 Å². The molecule has 0 spiro atoms. The maximum atomic E-state index is 13.4. The molecule has 0 saturated heterocycles. The summed E-state index contributed by atoms with van der Waals surface area (Å²) in [7, 11) is -3.75. The predicted octanol–water partition coefficient (Wildman–Crippen LogP) is 1.64. The first kappa shape index (κ1) is 15.4. The molecule has 0 unspecified atom stereocenters. The van der Waals surface area contributed by atoms with Gasteiger partial charge in [0.15, 0.2) is 0 Å². The Morgan fingerprint density at radius 2 is 2.11 bits per heavy atom. The minimum Gasteiger partial charge on any atom is -0.396 e. The molecule has 0 amide bonds. The average Bonchev–Trinajstić information content (AvgIpc) is 2.36. The largest absolute Gasteiger partial charge is 0.396 e. The SMILES string of the molecule is CCN(CCC#N)S(=O)(=O)c1cc(C)c(F)c(N)c1. The van der Waals surface area contributed by atoms with E-state index in [0.717, 1.165) is 6.07 Å². The van der Waals surface area contributed by atoms with Gasteiger partial charge in [-0.3, -0.25) is 0 Å². The molecule has 1 aromatic carbocycles. The Labute approximate surface area is 112 Å². The second-order valence-electron chi connectivity index (χ2n) is 4.05. The third-order valence-electron chi connectivity index (χ3n) is 2.72. The van der Waals surface area contributed by atoms with Gasteiger partial charge in [-0.1, -0.05) is 6.92 Å². The molecule has 0 aromatic heterocycles. The monoisotopic (exact) mass is 285 g/mol. The smallest absolute Gasteiger partial charge is 0.243 e. The number of hydrogen-bond acceptors (Lipinski definition) is 4. The van der Waals surface area contributed by atoms with Crippen LogP contribution in [-0.4, -0.2) is 25.8 Å². The van der Waals surface area contributed by atoms with Crippen LogP contribution < -0.4 is 5.73 Å². The maximum Gasteiger partial charge on any atom is 0.243 e. The van der Waals surface area contributed by atoms with E-state index >= 15 is 0 Å². The molecule has 7 heteroatoms. The van der Waals surface area contributed by atoms with E-state index in [2.05, 4.69) is 0 Å². The van der Waals surface area contributed by atoms with Crippen LogP contribution in [0.25, 0.3) is 0 Å². The fraction of sp³-hybridized carbons (Fsp3) is 0.417. The maximum absolute atomic E-state index is 13.4. The van der Waals surface area contributed by atoms with Gasteiger partial charge in [0.25, 0.3) is 0 Å². The van der Waals surface area contributed by atoms with Crippen LogP contribution in [0, 0.1) is 24.1 Å². The van der Waals surface area contributed by atoms with E-state index in [-0.39, 0.29) is 35.7 Å². The number of rotatable bonds is 5. The first-order valence-corrected chi connectivity index (χ1v) is 7.21. The number of nitriles is 1. The van der Waals surface area contributed by atoms with E-state index < -0.39 is 15.8 Å². The summed E-state index contributed by atoms with van der Waals surface area (Å²) in [4.78, 5) is -0.0521. The van der Waals surface area contributed by atoms with Crippen molar-refractivity contribution in [1.82, 2.24) is 4.31 Å². The minimum atomic E-state index is -3.75. The molecule has 0 aliphatic carbocycles. The summed E-state index contributed by atoms with van der Waals surface area (Å²) >= 11 is 0. The van der Waals surface area contributed by atoms with Crippen LogP contribution in [0.15, 0.2) is 17.0 Å². The Morgan fingerprint density at radius 3 is 2.58 bits per heavy atom. The lowest BCUT2D eigenvalue weighted by Gasteiger charge is -2.19. The van der Waals surface area contributed by atoms with Crippen molar-refractivity contribution in [3.05, 3.63) is 23.5 Å². The van der Waals surface area contributed by atoms with Crippen LogP contribution >= 0.6 is 0 Å². The highest BCUT2D eigenvalue weighted by Crippen LogP contribution is 2.23. The fourth-order valence-corrected chi connectivity index (χ4v) is 3.25. The number of sulfonamides is 1. The molecule has 0 saturated carbocycles. The van der Waals surface area contributed by atoms with E-state index in [9.17, 15) is 12.8 Å². The van der Waals surface area contributed by atoms with Crippen molar-refractivity contribution in [3.63, 3.8) is 0 Å². The summed E-state index contributed by atoms with van der Waals surface area (Å²) in [5.41, 5.74) is 5.43. The number of halogens is 1. The topological polar surface area (TPSA) is 87.2 Å². The molecule has 2 N–H and O–H groups in total. The zero-order chi connectivity index (χ0) is 14.6. The lowest BCUT2D eigenvalue weighted by molar-refractivity contribution is 0.435. The van der Waals surface area contributed by atoms with Crippen LogP contribution in [0.2, 0.25) is 0 Å². The molecule has 19 heavy (non-hydrogen) atoms. The van der Waals surface area contributed by atoms with Crippen molar-refractivity contribution in [2.24, 2.45) is 0 Å². The zero-order valence-electron chi connectivity index (χ0n) is 10.9. The summed E-state index contributed by atoms with van der Waals surface area (Å²) in [5, 5.41) is 8.53. The van der Waals surface area contributed by atoms with Gasteiger partial charge in [0.2, 0.25) is 10.0 Å². The van der Waals surface area contributed by atoms with Gasteiger partial charge in [0.1, 0.15) is 5.82 Å². The van der Waals surface area contributed by atoms with Crippen molar-refractivity contribution in [1.29, 1.82) is 5.26 Å². The molecule has 0 radical (unpaired) electrons. The minimum absolute atomic E-state index is 0.0521. The van der Waals surface area contributed by atoms with Gasteiger partial charge in [-0.25, -0.2) is 12.8 Å². The highest BCUT2D eigenvalue weighted by molar-refractivity contribution is 7.89. The number of nitrogen functional groups attached to an aromatic ring is 1. The van der Waals surface area contributed by atoms with Gasteiger partial charge in [0, 0.05) is 19.5 Å². The van der Waals surface area contributed by atoms with Crippen LogP contribution in [0.5, 0.6) is 0 Å². The molecule has 0 aliphatic rings. The van der Waals surface area contributed by atoms with E-state index in [1.807, 2.05) is 6.07 Å². The highest BCUT2D eigenvalue weighted by atomic mass is 32.2. The lowest BCUT2D eigenvalue weighted by Crippen LogP contribution is -2.32. The standard InChI is InChI=1S/C12H16FN3O2S/c1-3-16(6-4-5-14)19(17,18)10-7-9(2)12(13)11(15)8-10/h7-8H,3-4,6,15H2,1-2H3. The number of anilines is 1. The Hall–Kier alpha value is -1.65. The fourth-order valence-electron chi connectivity index (χ4n) is 1.68. The molecule has 0 aliphatic heterocycles. The van der Waals surface area contributed by atoms with E-state index in [4.69, 9.17) is 11.0 Å². The summed E-state index contributed by atoms with van der Waals surface area (Å²) in [6.45, 7) is 3.47. The van der Waals surface area contributed by atoms with Gasteiger partial charge in [-0.05, 0) is 24.6 Å². The Morgan fingerprint density at radius 1 is 1.47 bits per heavy atom. The first-order valence-electron chi connectivity index (χ1n) is 5.77. The van der Waals surface area contributed by atoms with Gasteiger partial charge in [-0.2, -0.15) is 9.57 Å². The average molecular weight is 285 g/mol. The molecule has 0 heterocycles. The summed E-state index contributed by atoms with van der Waals surface area (Å²) in [6, 6.07) is 4.25. The molecule has 0 bridgehead atoms. The lowest BCUT2D eigenvalue weighted by atomic mass is 10.2. The predicted molar refractivity (Wildman–Crippen MR) is 70.2 cm³/mol. The number of aryl methyl sites for hydroxylation is 1. The molecule has 104 valence electrons. The summed E-state index contributed by atoms with van der Waals surface area (Å²) in [5.74, 6) is -0.612. The van der Waals surface area contributed by atoms with Crippen LogP contribution in [0.1, 0.15) is 18.9 Å². The van der Waals surface area contributed by atoms with E-state index in [1.54, 1.807) is 6.92 Å². The molecule has 5 nitrogen and oxygen atoms in total. The molecular formula is C12H16FN3O2S. The van der Waals surface area contributed by atoms with Crippen molar-refractivity contribution >= 4 is 15.7 Å². The third-order valence-corrected chi connectivity index (χ3v) is 4.67. The second-order valence-corrected chi connectivity index (χ2v) is 5.99. The van der Waals surface area contributed by atoms with Gasteiger partial charge >= 0.3 is 0 Å². The van der Waals surface area contributed by atoms with Crippen molar-refractivity contribution in [2.75, 3.05) is 18.8 Å². The Bertz CT molecular complexity index is 585. The highest BCUT2D eigenvalue weighted by Gasteiger charge is 2.24. The van der Waals surface area contributed by atoms with E-state index in [0.29, 0.717) is 0 Å². The molecule has 0 atom stereocenters. The molecule has 1 rings (SSSR count). The second kappa shape index (κ2) is 5.99. The summed E-state index contributed by atoms with van der Waals surface area (Å²) < 4.78 is 39.2. The van der Waals surface area contributed by atoms with Crippen LogP contribution in [-0.2, 0) is 10.0 Å². The Balaban J connectivity index is 3.23. The van der Waals surface area contributed by atoms with Crippen LogP contribution in [0.4, 0.5) is 10.1 Å². The number of hydrogen-bond donors (Lipinski definition) is 1. The summed E-state index contributed by atoms with van der Waals surface area (Å²) in [6.07, 6.45) is 0.0999. The van der Waals surface area contributed by atoms with Gasteiger partial charge in [-0.15, -0.1) is 0 Å². The third kappa shape index (κ3) is 3.22. The number of nitrogens with zero attached hydrogens (tertiary/aromatic N) is 2. The van der Waals surface area contributed by atoms with E-state index in [1.165, 1.54) is 17.3 Å². The Kier molecular flexibility index (Phi) is 4.86. The van der Waals surface area contributed by atoms with Gasteiger partial charge < -0.3 is 5.73 Å². The molecular weight excluding hydrogens is 269 g/mol. The quantitative estimate of drug-likeness (QED) is 0.833. The zero-order valence-corrected chi connectivity index (χ0v) is 11.7. The molecule has 0 fully saturated rings. The molecule has 1 aromatic rings. The van der Waals surface area contributed by atoms with Crippen molar-refractivity contribution in [3.8, 4) is 6.07 Å².